The third kappa shape index (κ3) is 2.71. The number of benzene rings is 1. The molecule has 0 bridgehead atoms. The SMILES string of the molecule is CCc1cc(Br)ccc1S(=O)(=O)N=[N+]=[N-]. The Morgan fingerprint density at radius 2 is 2.20 bits per heavy atom. The lowest BCUT2D eigenvalue weighted by Gasteiger charge is -2.05. The molecule has 0 unspecified atom stereocenters. The highest BCUT2D eigenvalue weighted by Gasteiger charge is 2.15. The molecule has 7 heteroatoms. The molecule has 0 aliphatic rings. The van der Waals surface area contributed by atoms with Crippen molar-refractivity contribution in [2.75, 3.05) is 0 Å². The zero-order valence-corrected chi connectivity index (χ0v) is 10.3. The Bertz CT molecular complexity index is 521. The molecule has 0 atom stereocenters. The van der Waals surface area contributed by atoms with E-state index in [1.54, 1.807) is 12.1 Å². The Morgan fingerprint density at radius 3 is 2.73 bits per heavy atom. The quantitative estimate of drug-likeness (QED) is 0.487. The number of sulfonamides is 1. The van der Waals surface area contributed by atoms with Gasteiger partial charge in [-0.3, -0.25) is 0 Å². The molecule has 0 N–H and O–H groups in total. The van der Waals surface area contributed by atoms with E-state index in [-0.39, 0.29) is 4.90 Å². The molecule has 0 radical (unpaired) electrons. The normalized spacial score (nSPS) is 10.8. The van der Waals surface area contributed by atoms with Crippen LogP contribution < -0.4 is 0 Å². The predicted octanol–water partition coefficient (Wildman–Crippen LogP) is 3.01. The van der Waals surface area contributed by atoms with Crippen molar-refractivity contribution in [3.05, 3.63) is 38.7 Å². The topological polar surface area (TPSA) is 82.9 Å². The van der Waals surface area contributed by atoms with Gasteiger partial charge in [0, 0.05) is 13.9 Å². The molecule has 1 rings (SSSR count). The zero-order valence-electron chi connectivity index (χ0n) is 7.88. The lowest BCUT2D eigenvalue weighted by atomic mass is 10.2. The minimum atomic E-state index is -3.88. The first-order valence-corrected chi connectivity index (χ1v) is 6.34. The molecule has 0 aliphatic heterocycles. The number of halogens is 1. The fourth-order valence-corrected chi connectivity index (χ4v) is 2.54. The van der Waals surface area contributed by atoms with Gasteiger partial charge in [0.25, 0.3) is 10.0 Å². The highest BCUT2D eigenvalue weighted by Crippen LogP contribution is 2.22. The lowest BCUT2D eigenvalue weighted by molar-refractivity contribution is 0.596. The summed E-state index contributed by atoms with van der Waals surface area (Å²) >= 11 is 3.24. The summed E-state index contributed by atoms with van der Waals surface area (Å²) in [6.45, 7) is 1.83. The Kier molecular flexibility index (Phi) is 3.73. The van der Waals surface area contributed by atoms with Crippen LogP contribution in [0.15, 0.2) is 32.1 Å². The average molecular weight is 290 g/mol. The first-order valence-electron chi connectivity index (χ1n) is 4.11. The van der Waals surface area contributed by atoms with Crippen LogP contribution in [-0.4, -0.2) is 8.42 Å². The largest absolute Gasteiger partial charge is 0.264 e. The highest BCUT2D eigenvalue weighted by atomic mass is 79.9. The molecule has 0 amide bonds. The van der Waals surface area contributed by atoms with Gasteiger partial charge in [0.2, 0.25) is 0 Å². The first-order chi connectivity index (χ1) is 7.01. The average Bonchev–Trinajstić information content (AvgIpc) is 2.17. The van der Waals surface area contributed by atoms with Crippen LogP contribution in [0.25, 0.3) is 10.4 Å². The number of hydrogen-bond donors (Lipinski definition) is 0. The molecule has 0 aliphatic carbocycles. The standard InChI is InChI=1S/C8H8BrN3O2S/c1-2-6-5-7(9)3-4-8(6)15(13,14)12-11-10/h3-5H,2H2,1H3. The lowest BCUT2D eigenvalue weighted by Crippen LogP contribution is -2.00. The van der Waals surface area contributed by atoms with Crippen molar-refractivity contribution in [3.63, 3.8) is 0 Å². The molecule has 0 spiro atoms. The van der Waals surface area contributed by atoms with Gasteiger partial charge >= 0.3 is 0 Å². The van der Waals surface area contributed by atoms with Gasteiger partial charge < -0.3 is 0 Å². The Hall–Kier alpha value is -1.04. The molecular weight excluding hydrogens is 282 g/mol. The van der Waals surface area contributed by atoms with E-state index in [9.17, 15) is 8.42 Å². The number of azide groups is 1. The molecule has 1 aromatic rings. The van der Waals surface area contributed by atoms with E-state index < -0.39 is 10.0 Å². The van der Waals surface area contributed by atoms with E-state index in [0.717, 1.165) is 4.47 Å². The van der Waals surface area contributed by atoms with Crippen LogP contribution >= 0.6 is 15.9 Å². The van der Waals surface area contributed by atoms with Gasteiger partial charge in [-0.15, -0.1) is 0 Å². The summed E-state index contributed by atoms with van der Waals surface area (Å²) in [7, 11) is -3.88. The minimum Gasteiger partial charge on any atom is -0.216 e. The highest BCUT2D eigenvalue weighted by molar-refractivity contribution is 9.10. The molecule has 0 aromatic heterocycles. The second-order valence-corrected chi connectivity index (χ2v) is 5.22. The van der Waals surface area contributed by atoms with Gasteiger partial charge in [-0.25, -0.2) is 8.42 Å². The van der Waals surface area contributed by atoms with Gasteiger partial charge in [-0.2, -0.15) is 0 Å². The van der Waals surface area contributed by atoms with Crippen LogP contribution in [-0.2, 0) is 16.4 Å². The summed E-state index contributed by atoms with van der Waals surface area (Å²) in [5, 5.41) is 0. The zero-order chi connectivity index (χ0) is 11.5. The second-order valence-electron chi connectivity index (χ2n) is 2.75. The predicted molar refractivity (Wildman–Crippen MR) is 59.9 cm³/mol. The summed E-state index contributed by atoms with van der Waals surface area (Å²) in [5.74, 6) is 0. The Morgan fingerprint density at radius 1 is 1.53 bits per heavy atom. The molecular formula is C8H8BrN3O2S. The van der Waals surface area contributed by atoms with Crippen molar-refractivity contribution in [1.29, 1.82) is 0 Å². The van der Waals surface area contributed by atoms with Crippen molar-refractivity contribution < 1.29 is 8.42 Å². The van der Waals surface area contributed by atoms with E-state index in [1.807, 2.05) is 6.92 Å². The van der Waals surface area contributed by atoms with E-state index in [4.69, 9.17) is 5.53 Å². The van der Waals surface area contributed by atoms with Crippen LogP contribution in [0.3, 0.4) is 0 Å². The van der Waals surface area contributed by atoms with Crippen LogP contribution in [0.2, 0.25) is 0 Å². The molecule has 5 nitrogen and oxygen atoms in total. The van der Waals surface area contributed by atoms with Gasteiger partial charge in [0.15, 0.2) is 0 Å². The maximum atomic E-state index is 11.5. The molecule has 15 heavy (non-hydrogen) atoms. The van der Waals surface area contributed by atoms with Crippen LogP contribution in [0.5, 0.6) is 0 Å². The van der Waals surface area contributed by atoms with Crippen LogP contribution in [0, 0.1) is 0 Å². The van der Waals surface area contributed by atoms with E-state index >= 15 is 0 Å². The van der Waals surface area contributed by atoms with Crippen LogP contribution in [0.1, 0.15) is 12.5 Å². The van der Waals surface area contributed by atoms with E-state index in [2.05, 4.69) is 25.4 Å². The van der Waals surface area contributed by atoms with Crippen molar-refractivity contribution in [1.82, 2.24) is 0 Å². The Labute approximate surface area is 95.9 Å². The molecule has 0 saturated carbocycles. The minimum absolute atomic E-state index is 0.0611. The number of hydrogen-bond acceptors (Lipinski definition) is 2. The fourth-order valence-electron chi connectivity index (χ4n) is 1.17. The molecule has 80 valence electrons. The third-order valence-electron chi connectivity index (χ3n) is 1.83. The van der Waals surface area contributed by atoms with Gasteiger partial charge in [0.05, 0.1) is 4.90 Å². The van der Waals surface area contributed by atoms with Crippen molar-refractivity contribution in [2.45, 2.75) is 18.2 Å². The fraction of sp³-hybridized carbons (Fsp3) is 0.250. The second kappa shape index (κ2) is 4.65. The summed E-state index contributed by atoms with van der Waals surface area (Å²) in [6, 6.07) is 4.71. The molecule has 0 heterocycles. The number of rotatable bonds is 3. The molecule has 0 fully saturated rings. The van der Waals surface area contributed by atoms with Gasteiger partial charge in [0.1, 0.15) is 0 Å². The van der Waals surface area contributed by atoms with Crippen molar-refractivity contribution in [2.24, 2.45) is 4.52 Å². The monoisotopic (exact) mass is 289 g/mol. The third-order valence-corrected chi connectivity index (χ3v) is 3.56. The smallest absolute Gasteiger partial charge is 0.216 e. The number of nitrogens with zero attached hydrogens (tertiary/aromatic N) is 3. The van der Waals surface area contributed by atoms with E-state index in [1.165, 1.54) is 6.07 Å². The summed E-state index contributed by atoms with van der Waals surface area (Å²) < 4.78 is 26.6. The summed E-state index contributed by atoms with van der Waals surface area (Å²) in [4.78, 5) is 2.37. The van der Waals surface area contributed by atoms with Gasteiger partial charge in [-0.1, -0.05) is 22.9 Å². The summed E-state index contributed by atoms with van der Waals surface area (Å²) in [5.41, 5.74) is 8.77. The molecule has 0 saturated heterocycles. The first kappa shape index (κ1) is 12.0. The Balaban J connectivity index is 3.44. The van der Waals surface area contributed by atoms with Crippen LogP contribution in [0.4, 0.5) is 0 Å². The molecule has 1 aromatic carbocycles. The maximum Gasteiger partial charge on any atom is 0.264 e. The van der Waals surface area contributed by atoms with Gasteiger partial charge in [-0.05, 0) is 35.7 Å². The summed E-state index contributed by atoms with van der Waals surface area (Å²) in [6.07, 6.45) is 0.551. The number of aryl methyl sites for hydroxylation is 1. The maximum absolute atomic E-state index is 11.5. The van der Waals surface area contributed by atoms with Crippen molar-refractivity contribution >= 4 is 26.0 Å². The van der Waals surface area contributed by atoms with Crippen molar-refractivity contribution in [3.8, 4) is 0 Å². The van der Waals surface area contributed by atoms with E-state index in [0.29, 0.717) is 12.0 Å².